The van der Waals surface area contributed by atoms with E-state index in [-0.39, 0.29) is 18.0 Å². The molecule has 2 unspecified atom stereocenters. The Balaban J connectivity index is 1.38. The van der Waals surface area contributed by atoms with Gasteiger partial charge in [-0.2, -0.15) is 16.7 Å². The first-order valence-electron chi connectivity index (χ1n) is 8.74. The van der Waals surface area contributed by atoms with E-state index in [1.165, 1.54) is 18.4 Å². The minimum absolute atomic E-state index is 0.0375. The van der Waals surface area contributed by atoms with Gasteiger partial charge >= 0.3 is 5.97 Å². The number of fused-ring (bicyclic) bond motifs is 2. The molecule has 0 saturated carbocycles. The molecule has 2 atom stereocenters. The molecule has 0 aliphatic carbocycles. The van der Waals surface area contributed by atoms with Crippen molar-refractivity contribution in [1.29, 1.82) is 0 Å². The van der Waals surface area contributed by atoms with Crippen LogP contribution in [0.1, 0.15) is 44.1 Å². The van der Waals surface area contributed by atoms with Crippen LogP contribution in [0.5, 0.6) is 0 Å². The van der Waals surface area contributed by atoms with E-state index in [0.29, 0.717) is 22.2 Å². The molecule has 2 aromatic rings. The summed E-state index contributed by atoms with van der Waals surface area (Å²) >= 11 is 2.04. The van der Waals surface area contributed by atoms with Gasteiger partial charge in [0.15, 0.2) is 6.61 Å². The van der Waals surface area contributed by atoms with Gasteiger partial charge in [-0.15, -0.1) is 0 Å². The molecular formula is C19H22N2O3S. The summed E-state index contributed by atoms with van der Waals surface area (Å²) in [5.74, 6) is 0.713. The van der Waals surface area contributed by atoms with Crippen molar-refractivity contribution < 1.29 is 14.1 Å². The molecule has 2 fully saturated rings. The van der Waals surface area contributed by atoms with Crippen molar-refractivity contribution in [2.75, 3.05) is 0 Å². The summed E-state index contributed by atoms with van der Waals surface area (Å²) in [6, 6.07) is 7.90. The number of carbonyl (C=O) groups excluding carboxylic acids is 1. The lowest BCUT2D eigenvalue weighted by Crippen LogP contribution is -2.36. The maximum atomic E-state index is 12.6. The average Bonchev–Trinajstić information content (AvgIpc) is 3.20. The van der Waals surface area contributed by atoms with Crippen LogP contribution in [0.2, 0.25) is 0 Å². The number of carbonyl (C=O) groups is 1. The highest BCUT2D eigenvalue weighted by molar-refractivity contribution is 8.00. The molecule has 2 aliphatic heterocycles. The molecule has 25 heavy (non-hydrogen) atoms. The number of nitrogens with zero attached hydrogens (tertiary/aromatic N) is 2. The molecule has 0 radical (unpaired) electrons. The van der Waals surface area contributed by atoms with Gasteiger partial charge in [0.25, 0.3) is 5.89 Å². The predicted octanol–water partition coefficient (Wildman–Crippen LogP) is 4.15. The summed E-state index contributed by atoms with van der Waals surface area (Å²) in [5, 5.41) is 5.19. The van der Waals surface area contributed by atoms with Gasteiger partial charge in [-0.3, -0.25) is 4.79 Å². The lowest BCUT2D eigenvalue weighted by atomic mass is 9.82. The highest BCUT2D eigenvalue weighted by atomic mass is 32.2. The molecule has 2 saturated heterocycles. The third kappa shape index (κ3) is 3.45. The fourth-order valence-corrected chi connectivity index (χ4v) is 5.79. The highest BCUT2D eigenvalue weighted by Crippen LogP contribution is 2.51. The Morgan fingerprint density at radius 3 is 2.64 bits per heavy atom. The third-order valence-electron chi connectivity index (χ3n) is 5.15. The van der Waals surface area contributed by atoms with Crippen LogP contribution in [0.4, 0.5) is 0 Å². The van der Waals surface area contributed by atoms with Gasteiger partial charge in [-0.25, -0.2) is 0 Å². The van der Waals surface area contributed by atoms with Crippen molar-refractivity contribution in [1.82, 2.24) is 10.1 Å². The van der Waals surface area contributed by atoms with Crippen LogP contribution in [0, 0.1) is 12.3 Å². The zero-order valence-electron chi connectivity index (χ0n) is 14.5. The van der Waals surface area contributed by atoms with E-state index in [1.54, 1.807) is 0 Å². The number of rotatable bonds is 4. The Bertz CT molecular complexity index is 759. The number of aromatic nitrogens is 2. The summed E-state index contributed by atoms with van der Waals surface area (Å²) in [4.78, 5) is 16.9. The number of hydrogen-bond acceptors (Lipinski definition) is 6. The number of hydrogen-bond donors (Lipinski definition) is 0. The summed E-state index contributed by atoms with van der Waals surface area (Å²) in [7, 11) is 0. The van der Waals surface area contributed by atoms with Crippen molar-refractivity contribution in [3.05, 3.63) is 35.7 Å². The topological polar surface area (TPSA) is 65.2 Å². The highest BCUT2D eigenvalue weighted by Gasteiger charge is 2.47. The fraction of sp³-hybridized carbons (Fsp3) is 0.526. The molecule has 5 nitrogen and oxygen atoms in total. The fourth-order valence-electron chi connectivity index (χ4n) is 3.77. The van der Waals surface area contributed by atoms with Crippen LogP contribution >= 0.6 is 11.8 Å². The standard InChI is InChI=1S/C19H22N2O3S/c1-12-3-5-13(6-4-12)17-20-16(24-21-17)11-23-18(22)19(2)9-14-7-8-15(10-19)25-14/h3-6,14-15H,7-11H2,1-2H3. The number of thioether (sulfide) groups is 1. The quantitative estimate of drug-likeness (QED) is 0.765. The molecule has 1 aromatic carbocycles. The Kier molecular flexibility index (Phi) is 4.31. The molecule has 0 amide bonds. The van der Waals surface area contributed by atoms with Crippen molar-refractivity contribution in [3.8, 4) is 11.4 Å². The molecule has 1 aromatic heterocycles. The minimum Gasteiger partial charge on any atom is -0.455 e. The van der Waals surface area contributed by atoms with Gasteiger partial charge in [-0.05, 0) is 39.5 Å². The van der Waals surface area contributed by atoms with Gasteiger partial charge < -0.3 is 9.26 Å². The normalized spacial score (nSPS) is 28.1. The van der Waals surface area contributed by atoms with Gasteiger partial charge in [-0.1, -0.05) is 35.0 Å². The van der Waals surface area contributed by atoms with Gasteiger partial charge in [0.1, 0.15) is 0 Å². The summed E-state index contributed by atoms with van der Waals surface area (Å²) < 4.78 is 10.8. The molecule has 0 spiro atoms. The largest absolute Gasteiger partial charge is 0.455 e. The van der Waals surface area contributed by atoms with Crippen molar-refractivity contribution in [2.45, 2.75) is 56.6 Å². The van der Waals surface area contributed by atoms with E-state index in [2.05, 4.69) is 10.1 Å². The molecule has 2 aliphatic rings. The van der Waals surface area contributed by atoms with Gasteiger partial charge in [0, 0.05) is 16.1 Å². The smallest absolute Gasteiger partial charge is 0.312 e. The zero-order valence-corrected chi connectivity index (χ0v) is 15.3. The maximum absolute atomic E-state index is 12.6. The number of aryl methyl sites for hydroxylation is 1. The van der Waals surface area contributed by atoms with E-state index in [9.17, 15) is 4.79 Å². The minimum atomic E-state index is -0.378. The maximum Gasteiger partial charge on any atom is 0.312 e. The lowest BCUT2D eigenvalue weighted by Gasteiger charge is -2.34. The Morgan fingerprint density at radius 2 is 1.96 bits per heavy atom. The summed E-state index contributed by atoms with van der Waals surface area (Å²) in [6.07, 6.45) is 4.26. The molecule has 4 rings (SSSR count). The van der Waals surface area contributed by atoms with Crippen molar-refractivity contribution in [3.63, 3.8) is 0 Å². The molecule has 132 valence electrons. The van der Waals surface area contributed by atoms with Crippen LogP contribution in [0.15, 0.2) is 28.8 Å². The van der Waals surface area contributed by atoms with E-state index in [0.717, 1.165) is 18.4 Å². The van der Waals surface area contributed by atoms with Crippen LogP contribution in [-0.2, 0) is 16.1 Å². The molecule has 6 heteroatoms. The molecular weight excluding hydrogens is 336 g/mol. The zero-order chi connectivity index (χ0) is 17.4. The molecule has 2 bridgehead atoms. The van der Waals surface area contributed by atoms with Crippen LogP contribution in [0.3, 0.4) is 0 Å². The second-order valence-corrected chi connectivity index (χ2v) is 8.99. The van der Waals surface area contributed by atoms with E-state index >= 15 is 0 Å². The first-order valence-corrected chi connectivity index (χ1v) is 9.68. The Morgan fingerprint density at radius 1 is 1.28 bits per heavy atom. The second-order valence-electron chi connectivity index (χ2n) is 7.38. The predicted molar refractivity (Wildman–Crippen MR) is 96.0 cm³/mol. The van der Waals surface area contributed by atoms with Crippen molar-refractivity contribution >= 4 is 17.7 Å². The van der Waals surface area contributed by atoms with Crippen molar-refractivity contribution in [2.24, 2.45) is 5.41 Å². The first kappa shape index (κ1) is 16.6. The third-order valence-corrected chi connectivity index (χ3v) is 6.72. The van der Waals surface area contributed by atoms with Gasteiger partial charge in [0.05, 0.1) is 5.41 Å². The lowest BCUT2D eigenvalue weighted by molar-refractivity contribution is -0.158. The summed E-state index contributed by atoms with van der Waals surface area (Å²) in [6.45, 7) is 4.10. The first-order chi connectivity index (χ1) is 12.0. The number of benzene rings is 1. The SMILES string of the molecule is Cc1ccc(-c2noc(COC(=O)C3(C)CC4CCC(C3)S4)n2)cc1. The average molecular weight is 358 g/mol. The molecule has 3 heterocycles. The Labute approximate surface area is 151 Å². The monoisotopic (exact) mass is 358 g/mol. The van der Waals surface area contributed by atoms with Crippen LogP contribution < -0.4 is 0 Å². The van der Waals surface area contributed by atoms with E-state index in [1.807, 2.05) is 49.9 Å². The molecule has 0 N–H and O–H groups in total. The van der Waals surface area contributed by atoms with E-state index < -0.39 is 0 Å². The van der Waals surface area contributed by atoms with Crippen LogP contribution in [0.25, 0.3) is 11.4 Å². The number of esters is 1. The number of ether oxygens (including phenoxy) is 1. The van der Waals surface area contributed by atoms with Crippen LogP contribution in [-0.4, -0.2) is 26.6 Å². The Hall–Kier alpha value is -1.82. The van der Waals surface area contributed by atoms with Gasteiger partial charge in [0.2, 0.25) is 5.82 Å². The summed E-state index contributed by atoms with van der Waals surface area (Å²) in [5.41, 5.74) is 1.69. The van der Waals surface area contributed by atoms with E-state index in [4.69, 9.17) is 9.26 Å². The second kappa shape index (κ2) is 6.48.